The quantitative estimate of drug-likeness (QED) is 0.419. The monoisotopic (exact) mass is 454 g/mol. The topological polar surface area (TPSA) is 135 Å². The second-order valence-corrected chi connectivity index (χ2v) is 7.58. The molecule has 3 N–H and O–H groups in total. The van der Waals surface area contributed by atoms with Crippen molar-refractivity contribution in [3.63, 3.8) is 0 Å². The average molecular weight is 455 g/mol. The largest absolute Gasteiger partial charge is 0.381 e. The molecule has 1 aliphatic rings. The van der Waals surface area contributed by atoms with E-state index in [1.807, 2.05) is 26.0 Å². The second-order valence-electron chi connectivity index (χ2n) is 7.58. The molecule has 1 fully saturated rings. The van der Waals surface area contributed by atoms with E-state index < -0.39 is 0 Å². The summed E-state index contributed by atoms with van der Waals surface area (Å²) in [5.41, 5.74) is 2.45. The van der Waals surface area contributed by atoms with Gasteiger partial charge >= 0.3 is 0 Å². The van der Waals surface area contributed by atoms with E-state index in [0.717, 1.165) is 41.6 Å². The fourth-order valence-electron chi connectivity index (χ4n) is 3.06. The van der Waals surface area contributed by atoms with Crippen LogP contribution in [-0.2, 0) is 16.1 Å². The minimum atomic E-state index is -0.0856. The molecule has 0 spiro atoms. The first-order valence-corrected chi connectivity index (χ1v) is 10.8. The zero-order chi connectivity index (χ0) is 23.5. The van der Waals surface area contributed by atoms with Crippen molar-refractivity contribution in [1.82, 2.24) is 35.0 Å². The van der Waals surface area contributed by atoms with E-state index in [4.69, 9.17) is 9.47 Å². The molecular weight excluding hydrogens is 424 g/mol. The van der Waals surface area contributed by atoms with Crippen molar-refractivity contribution >= 4 is 17.2 Å². The first kappa shape index (κ1) is 24.1. The molecular formula is C22H30N8O3. The van der Waals surface area contributed by atoms with Gasteiger partial charge in [-0.25, -0.2) is 14.6 Å². The van der Waals surface area contributed by atoms with E-state index in [-0.39, 0.29) is 11.5 Å². The summed E-state index contributed by atoms with van der Waals surface area (Å²) in [5, 5.41) is 20.2. The van der Waals surface area contributed by atoms with Crippen molar-refractivity contribution in [2.45, 2.75) is 39.2 Å². The molecule has 0 aromatic carbocycles. The van der Waals surface area contributed by atoms with E-state index in [2.05, 4.69) is 35.8 Å². The summed E-state index contributed by atoms with van der Waals surface area (Å²) >= 11 is 0. The summed E-state index contributed by atoms with van der Waals surface area (Å²) in [5.74, 6) is 1.77. The Morgan fingerprint density at radius 1 is 1.15 bits per heavy atom. The van der Waals surface area contributed by atoms with Gasteiger partial charge in [0, 0.05) is 50.5 Å². The van der Waals surface area contributed by atoms with Crippen molar-refractivity contribution < 1.29 is 9.47 Å². The number of aromatic nitrogens is 7. The molecule has 1 saturated heterocycles. The molecule has 0 radical (unpaired) electrons. The molecule has 4 aromatic heterocycles. The van der Waals surface area contributed by atoms with Gasteiger partial charge in [-0.1, -0.05) is 13.8 Å². The Balaban J connectivity index is 0.000000170. The Kier molecular flexibility index (Phi) is 9.09. The normalized spacial score (nSPS) is 12.7. The Hall–Kier alpha value is -3.57. The summed E-state index contributed by atoms with van der Waals surface area (Å²) < 4.78 is 11.8. The van der Waals surface area contributed by atoms with Gasteiger partial charge in [0.15, 0.2) is 5.82 Å². The Labute approximate surface area is 191 Å². The minimum Gasteiger partial charge on any atom is -0.381 e. The highest BCUT2D eigenvalue weighted by atomic mass is 16.5. The second kappa shape index (κ2) is 12.5. The molecule has 0 saturated carbocycles. The number of nitrogens with one attached hydrogen (secondary N) is 3. The zero-order valence-electron chi connectivity index (χ0n) is 19.1. The fourth-order valence-corrected chi connectivity index (χ4v) is 3.06. The lowest BCUT2D eigenvalue weighted by molar-refractivity contribution is 0.181. The van der Waals surface area contributed by atoms with E-state index in [1.165, 1.54) is 12.8 Å². The first-order valence-electron chi connectivity index (χ1n) is 10.8. The molecule has 0 amide bonds. The number of fused-ring (bicyclic) bond motifs is 1. The summed E-state index contributed by atoms with van der Waals surface area (Å²) in [4.78, 5) is 15.2. The van der Waals surface area contributed by atoms with Crippen LogP contribution in [0, 0.1) is 0 Å². The van der Waals surface area contributed by atoms with Gasteiger partial charge in [-0.05, 0) is 30.9 Å². The smallest absolute Gasteiger partial charge is 0.267 e. The van der Waals surface area contributed by atoms with Crippen LogP contribution in [0.25, 0.3) is 5.52 Å². The third-order valence-corrected chi connectivity index (χ3v) is 4.69. The number of methoxy groups -OCH3 is 1. The lowest BCUT2D eigenvalue weighted by Crippen LogP contribution is -2.13. The van der Waals surface area contributed by atoms with Crippen LogP contribution in [-0.4, -0.2) is 55.3 Å². The molecule has 4 aromatic rings. The van der Waals surface area contributed by atoms with E-state index in [9.17, 15) is 4.79 Å². The predicted octanol–water partition coefficient (Wildman–Crippen LogP) is 3.03. The maximum absolute atomic E-state index is 10.9. The third kappa shape index (κ3) is 7.22. The molecule has 176 valence electrons. The SMILES string of the molecule is C1CCOC1.CC(C)c1ccn[nH]c1=O.COCc1cc2c(Nc3ccn[nH]3)nccn2n1. The van der Waals surface area contributed by atoms with Gasteiger partial charge < -0.3 is 14.8 Å². The Bertz CT molecular complexity index is 1140. The first-order chi connectivity index (χ1) is 16.1. The molecule has 5 rings (SSSR count). The molecule has 11 heteroatoms. The van der Waals surface area contributed by atoms with Crippen molar-refractivity contribution in [3.8, 4) is 0 Å². The van der Waals surface area contributed by atoms with Crippen LogP contribution in [0.3, 0.4) is 0 Å². The zero-order valence-corrected chi connectivity index (χ0v) is 19.1. The van der Waals surface area contributed by atoms with Crippen LogP contribution in [0.15, 0.2) is 47.8 Å². The summed E-state index contributed by atoms with van der Waals surface area (Å²) in [6.07, 6.45) is 9.31. The van der Waals surface area contributed by atoms with E-state index >= 15 is 0 Å². The number of anilines is 2. The number of hydrogen-bond donors (Lipinski definition) is 3. The predicted molar refractivity (Wildman–Crippen MR) is 125 cm³/mol. The van der Waals surface area contributed by atoms with Gasteiger partial charge in [-0.15, -0.1) is 0 Å². The third-order valence-electron chi connectivity index (χ3n) is 4.69. The van der Waals surface area contributed by atoms with Gasteiger partial charge in [-0.3, -0.25) is 9.89 Å². The minimum absolute atomic E-state index is 0.0856. The highest BCUT2D eigenvalue weighted by Gasteiger charge is 2.08. The number of aromatic amines is 2. The van der Waals surface area contributed by atoms with Crippen LogP contribution in [0.2, 0.25) is 0 Å². The van der Waals surface area contributed by atoms with Crippen LogP contribution < -0.4 is 10.9 Å². The van der Waals surface area contributed by atoms with Gasteiger partial charge in [0.1, 0.15) is 11.3 Å². The summed E-state index contributed by atoms with van der Waals surface area (Å²) in [6, 6.07) is 5.51. The van der Waals surface area contributed by atoms with Crippen LogP contribution in [0.5, 0.6) is 0 Å². The summed E-state index contributed by atoms with van der Waals surface area (Å²) in [7, 11) is 1.64. The Morgan fingerprint density at radius 3 is 2.48 bits per heavy atom. The Morgan fingerprint density at radius 2 is 1.91 bits per heavy atom. The van der Waals surface area contributed by atoms with Gasteiger partial charge in [-0.2, -0.15) is 15.3 Å². The van der Waals surface area contributed by atoms with Crippen LogP contribution in [0.1, 0.15) is 43.9 Å². The van der Waals surface area contributed by atoms with Crippen molar-refractivity contribution in [2.24, 2.45) is 0 Å². The lowest BCUT2D eigenvalue weighted by atomic mass is 10.1. The van der Waals surface area contributed by atoms with E-state index in [0.29, 0.717) is 6.61 Å². The number of ether oxygens (including phenoxy) is 2. The van der Waals surface area contributed by atoms with Crippen LogP contribution >= 0.6 is 0 Å². The number of hydrogen-bond acceptors (Lipinski definition) is 8. The fraction of sp³-hybridized carbons (Fsp3) is 0.409. The van der Waals surface area contributed by atoms with Crippen molar-refractivity contribution in [2.75, 3.05) is 25.6 Å². The molecule has 0 atom stereocenters. The maximum atomic E-state index is 10.9. The molecule has 0 aliphatic carbocycles. The van der Waals surface area contributed by atoms with E-state index in [1.54, 1.807) is 42.5 Å². The van der Waals surface area contributed by atoms with Crippen LogP contribution in [0.4, 0.5) is 11.6 Å². The lowest BCUT2D eigenvalue weighted by Gasteiger charge is -2.03. The van der Waals surface area contributed by atoms with Gasteiger partial charge in [0.05, 0.1) is 18.5 Å². The highest BCUT2D eigenvalue weighted by Crippen LogP contribution is 2.18. The maximum Gasteiger partial charge on any atom is 0.267 e. The highest BCUT2D eigenvalue weighted by molar-refractivity contribution is 5.71. The molecule has 1 aliphatic heterocycles. The van der Waals surface area contributed by atoms with Crippen molar-refractivity contribution in [1.29, 1.82) is 0 Å². The molecule has 0 bridgehead atoms. The number of rotatable bonds is 5. The van der Waals surface area contributed by atoms with Gasteiger partial charge in [0.2, 0.25) is 0 Å². The number of H-pyrrole nitrogens is 2. The standard InChI is InChI=1S/C11H12N6O.C7H10N2O.C4H8O/c1-18-7-8-6-9-11(12-4-5-17(9)16-8)14-10-2-3-13-15-10;1-5(2)6-3-4-8-9-7(6)10;1-2-4-5-3-1/h2-6H,7H2,1H3,(H2,12,13,14,15);3-5H,1-2H3,(H,9,10);1-4H2. The molecule has 5 heterocycles. The molecule has 11 nitrogen and oxygen atoms in total. The number of nitrogens with zero attached hydrogens (tertiary/aromatic N) is 5. The summed E-state index contributed by atoms with van der Waals surface area (Å²) in [6.45, 7) is 6.43. The van der Waals surface area contributed by atoms with Gasteiger partial charge in [0.25, 0.3) is 5.56 Å². The average Bonchev–Trinajstić information content (AvgIpc) is 3.58. The molecule has 33 heavy (non-hydrogen) atoms. The molecule has 0 unspecified atom stereocenters. The van der Waals surface area contributed by atoms with Crippen molar-refractivity contribution in [3.05, 3.63) is 64.6 Å².